The first-order valence-corrected chi connectivity index (χ1v) is 12.5. The second-order valence-corrected chi connectivity index (χ2v) is 10.7. The summed E-state index contributed by atoms with van der Waals surface area (Å²) in [5, 5.41) is 4.84. The molecule has 1 aromatic heterocycles. The van der Waals surface area contributed by atoms with E-state index in [2.05, 4.69) is 52.5 Å². The van der Waals surface area contributed by atoms with Gasteiger partial charge in [-0.05, 0) is 38.6 Å². The van der Waals surface area contributed by atoms with Gasteiger partial charge in [0.05, 0.1) is 18.2 Å². The zero-order chi connectivity index (χ0) is 20.6. The lowest BCUT2D eigenvalue weighted by atomic mass is 10.1. The highest BCUT2D eigenvalue weighted by atomic mass is 32.2. The highest BCUT2D eigenvalue weighted by molar-refractivity contribution is 7.91. The molecular formula is C20H29N5O2S2. The Balaban J connectivity index is 1.45. The molecule has 29 heavy (non-hydrogen) atoms. The number of benzene rings is 1. The summed E-state index contributed by atoms with van der Waals surface area (Å²) in [7, 11) is -2.83. The summed E-state index contributed by atoms with van der Waals surface area (Å²) >= 11 is 5.71. The van der Waals surface area contributed by atoms with E-state index in [0.29, 0.717) is 18.2 Å². The molecule has 0 aliphatic carbocycles. The number of hydrogen-bond donors (Lipinski definition) is 0. The highest BCUT2D eigenvalue weighted by Crippen LogP contribution is 2.21. The largest absolute Gasteiger partial charge is 0.300 e. The lowest BCUT2D eigenvalue weighted by molar-refractivity contribution is 0.0808. The van der Waals surface area contributed by atoms with Gasteiger partial charge in [-0.2, -0.15) is 5.10 Å². The lowest BCUT2D eigenvalue weighted by Gasteiger charge is -2.37. The van der Waals surface area contributed by atoms with Crippen LogP contribution in [0.4, 0.5) is 0 Å². The molecule has 0 saturated carbocycles. The fraction of sp³-hybridized carbons (Fsp3) is 0.600. The van der Waals surface area contributed by atoms with E-state index >= 15 is 0 Å². The van der Waals surface area contributed by atoms with E-state index in [9.17, 15) is 8.42 Å². The Morgan fingerprint density at radius 1 is 1.21 bits per heavy atom. The second-order valence-electron chi connectivity index (χ2n) is 8.07. The third-order valence-electron chi connectivity index (χ3n) is 5.98. The van der Waals surface area contributed by atoms with E-state index in [0.717, 1.165) is 55.3 Å². The molecule has 0 spiro atoms. The SMILES string of the molecule is CCn1c(-c2cccc(C)c2)nn(CN2CCN(C3CCS(=O)(=O)C3)CC2)c1=S. The average molecular weight is 436 g/mol. The van der Waals surface area contributed by atoms with Crippen LogP contribution in [0.15, 0.2) is 24.3 Å². The number of nitrogens with zero attached hydrogens (tertiary/aromatic N) is 5. The fourth-order valence-corrected chi connectivity index (χ4v) is 6.41. The fourth-order valence-electron chi connectivity index (χ4n) is 4.34. The quantitative estimate of drug-likeness (QED) is 0.671. The van der Waals surface area contributed by atoms with Crippen LogP contribution in [0.5, 0.6) is 0 Å². The van der Waals surface area contributed by atoms with E-state index < -0.39 is 9.84 Å². The van der Waals surface area contributed by atoms with Gasteiger partial charge in [-0.3, -0.25) is 9.80 Å². The molecule has 4 rings (SSSR count). The maximum absolute atomic E-state index is 11.8. The molecule has 0 radical (unpaired) electrons. The van der Waals surface area contributed by atoms with Gasteiger partial charge in [-0.25, -0.2) is 13.1 Å². The van der Waals surface area contributed by atoms with Crippen molar-refractivity contribution in [3.05, 3.63) is 34.6 Å². The Hall–Kier alpha value is -1.55. The van der Waals surface area contributed by atoms with Crippen LogP contribution in [0.3, 0.4) is 0 Å². The van der Waals surface area contributed by atoms with E-state index in [1.54, 1.807) is 0 Å². The van der Waals surface area contributed by atoms with Crippen molar-refractivity contribution in [2.45, 2.75) is 39.5 Å². The third kappa shape index (κ3) is 4.47. The minimum atomic E-state index is -2.83. The van der Waals surface area contributed by atoms with Gasteiger partial charge >= 0.3 is 0 Å². The number of rotatable bonds is 5. The molecule has 1 atom stereocenters. The van der Waals surface area contributed by atoms with Crippen LogP contribution in [-0.2, 0) is 23.1 Å². The smallest absolute Gasteiger partial charge is 0.199 e. The van der Waals surface area contributed by atoms with Crippen LogP contribution in [0.25, 0.3) is 11.4 Å². The topological polar surface area (TPSA) is 63.4 Å². The van der Waals surface area contributed by atoms with Crippen molar-refractivity contribution in [1.82, 2.24) is 24.1 Å². The summed E-state index contributed by atoms with van der Waals surface area (Å²) in [6, 6.07) is 8.55. The van der Waals surface area contributed by atoms with Crippen molar-refractivity contribution in [2.24, 2.45) is 0 Å². The van der Waals surface area contributed by atoms with E-state index in [1.807, 2.05) is 4.68 Å². The molecule has 2 aliphatic heterocycles. The van der Waals surface area contributed by atoms with Gasteiger partial charge in [0, 0.05) is 44.3 Å². The third-order valence-corrected chi connectivity index (χ3v) is 8.16. The molecule has 2 aliphatic rings. The van der Waals surface area contributed by atoms with Crippen molar-refractivity contribution in [3.63, 3.8) is 0 Å². The molecule has 2 saturated heterocycles. The van der Waals surface area contributed by atoms with Crippen molar-refractivity contribution < 1.29 is 8.42 Å². The zero-order valence-corrected chi connectivity index (χ0v) is 18.8. The molecule has 0 amide bonds. The van der Waals surface area contributed by atoms with Crippen LogP contribution in [0.1, 0.15) is 18.9 Å². The van der Waals surface area contributed by atoms with E-state index in [1.165, 1.54) is 5.56 Å². The van der Waals surface area contributed by atoms with Crippen LogP contribution >= 0.6 is 12.2 Å². The first-order valence-electron chi connectivity index (χ1n) is 10.3. The molecule has 0 N–H and O–H groups in total. The summed E-state index contributed by atoms with van der Waals surface area (Å²) in [6.45, 7) is 9.22. The Labute approximate surface area is 177 Å². The highest BCUT2D eigenvalue weighted by Gasteiger charge is 2.33. The molecule has 158 valence electrons. The standard InChI is InChI=1S/C20H29N5O2S2/c1-3-24-19(17-6-4-5-16(2)13-17)21-25(20(24)28)15-22-8-10-23(11-9-22)18-7-12-29(26,27)14-18/h4-6,13,18H,3,7-12,14-15H2,1-2H3. The first-order chi connectivity index (χ1) is 13.9. The van der Waals surface area contributed by atoms with Crippen molar-refractivity contribution in [3.8, 4) is 11.4 Å². The predicted molar refractivity (Wildman–Crippen MR) is 117 cm³/mol. The van der Waals surface area contributed by atoms with Crippen molar-refractivity contribution in [2.75, 3.05) is 37.7 Å². The monoisotopic (exact) mass is 435 g/mol. The van der Waals surface area contributed by atoms with Crippen LogP contribution < -0.4 is 0 Å². The summed E-state index contributed by atoms with van der Waals surface area (Å²) in [6.07, 6.45) is 0.772. The Kier molecular flexibility index (Phi) is 5.92. The molecular weight excluding hydrogens is 406 g/mol. The molecule has 0 bridgehead atoms. The first kappa shape index (κ1) is 20.7. The number of sulfone groups is 1. The Morgan fingerprint density at radius 3 is 2.59 bits per heavy atom. The van der Waals surface area contributed by atoms with Gasteiger partial charge in [-0.1, -0.05) is 23.8 Å². The summed E-state index contributed by atoms with van der Waals surface area (Å²) in [5.74, 6) is 1.57. The van der Waals surface area contributed by atoms with Gasteiger partial charge in [-0.15, -0.1) is 0 Å². The second kappa shape index (κ2) is 8.29. The minimum absolute atomic E-state index is 0.191. The van der Waals surface area contributed by atoms with Crippen molar-refractivity contribution >= 4 is 22.1 Å². The molecule has 1 aromatic carbocycles. The number of aryl methyl sites for hydroxylation is 1. The normalized spacial score (nSPS) is 22.9. The van der Waals surface area contributed by atoms with Gasteiger partial charge in [0.15, 0.2) is 20.4 Å². The molecule has 7 nitrogen and oxygen atoms in total. The summed E-state index contributed by atoms with van der Waals surface area (Å²) in [5.41, 5.74) is 2.29. The number of piperazine rings is 1. The van der Waals surface area contributed by atoms with Gasteiger partial charge in [0.1, 0.15) is 0 Å². The summed E-state index contributed by atoms with van der Waals surface area (Å²) < 4.78 is 28.3. The van der Waals surface area contributed by atoms with Crippen LogP contribution in [-0.4, -0.2) is 76.3 Å². The maximum atomic E-state index is 11.8. The number of aromatic nitrogens is 3. The van der Waals surface area contributed by atoms with E-state index in [4.69, 9.17) is 17.3 Å². The minimum Gasteiger partial charge on any atom is -0.300 e. The van der Waals surface area contributed by atoms with E-state index in [-0.39, 0.29) is 6.04 Å². The predicted octanol–water partition coefficient (Wildman–Crippen LogP) is 2.17. The molecule has 9 heteroatoms. The lowest BCUT2D eigenvalue weighted by Crippen LogP contribution is -2.51. The maximum Gasteiger partial charge on any atom is 0.199 e. The Bertz CT molecular complexity index is 1040. The molecule has 2 fully saturated rings. The number of hydrogen-bond acceptors (Lipinski definition) is 6. The average Bonchev–Trinajstić information content (AvgIpc) is 3.21. The Morgan fingerprint density at radius 2 is 1.97 bits per heavy atom. The molecule has 2 aromatic rings. The molecule has 1 unspecified atom stereocenters. The van der Waals surface area contributed by atoms with Crippen molar-refractivity contribution in [1.29, 1.82) is 0 Å². The van der Waals surface area contributed by atoms with Gasteiger partial charge < -0.3 is 4.57 Å². The van der Waals surface area contributed by atoms with Gasteiger partial charge in [0.2, 0.25) is 0 Å². The summed E-state index contributed by atoms with van der Waals surface area (Å²) in [4.78, 5) is 4.69. The van der Waals surface area contributed by atoms with Gasteiger partial charge in [0.25, 0.3) is 0 Å². The molecule has 3 heterocycles. The van der Waals surface area contributed by atoms with Crippen LogP contribution in [0.2, 0.25) is 0 Å². The zero-order valence-electron chi connectivity index (χ0n) is 17.1. The van der Waals surface area contributed by atoms with Crippen LogP contribution in [0, 0.1) is 11.7 Å².